The van der Waals surface area contributed by atoms with Crippen LogP contribution in [0.5, 0.6) is 17.2 Å². The van der Waals surface area contributed by atoms with Gasteiger partial charge in [-0.3, -0.25) is 4.79 Å². The fraction of sp³-hybridized carbons (Fsp3) is 0.0667. The van der Waals surface area contributed by atoms with Crippen molar-refractivity contribution >= 4 is 35.3 Å². The standard InChI is InChI=1S/C15H12Cl2N2O4/c16-10-2-4-12(17)14(5-10)23-8-15(22)19-18-7-9-1-3-11(20)6-13(9)21/h1-7,20-21H,8H2,(H,19,22). The Kier molecular flexibility index (Phi) is 5.67. The number of carbonyl (C=O) groups is 1. The molecule has 0 atom stereocenters. The van der Waals surface area contributed by atoms with E-state index < -0.39 is 5.91 Å². The number of amides is 1. The molecule has 23 heavy (non-hydrogen) atoms. The Balaban J connectivity index is 1.87. The van der Waals surface area contributed by atoms with Crippen molar-refractivity contribution in [1.29, 1.82) is 0 Å². The topological polar surface area (TPSA) is 91.2 Å². The number of halogens is 2. The lowest BCUT2D eigenvalue weighted by molar-refractivity contribution is -0.123. The number of hydrogen-bond acceptors (Lipinski definition) is 5. The van der Waals surface area contributed by atoms with E-state index in [4.69, 9.17) is 33.0 Å². The first-order chi connectivity index (χ1) is 11.0. The second-order valence-corrected chi connectivity index (χ2v) is 5.24. The second-order valence-electron chi connectivity index (χ2n) is 4.40. The monoisotopic (exact) mass is 354 g/mol. The Morgan fingerprint density at radius 2 is 2.00 bits per heavy atom. The van der Waals surface area contributed by atoms with Crippen LogP contribution in [0, 0.1) is 0 Å². The van der Waals surface area contributed by atoms with Gasteiger partial charge in [0.15, 0.2) is 6.61 Å². The van der Waals surface area contributed by atoms with Crippen molar-refractivity contribution in [2.75, 3.05) is 6.61 Å². The van der Waals surface area contributed by atoms with E-state index in [0.29, 0.717) is 15.6 Å². The molecule has 8 heteroatoms. The highest BCUT2D eigenvalue weighted by Gasteiger charge is 2.06. The molecule has 6 nitrogen and oxygen atoms in total. The van der Waals surface area contributed by atoms with Gasteiger partial charge in [-0.2, -0.15) is 5.10 Å². The molecular weight excluding hydrogens is 343 g/mol. The minimum absolute atomic E-state index is 0.0736. The SMILES string of the molecule is O=C(COc1cc(Cl)ccc1Cl)NN=Cc1ccc(O)cc1O. The summed E-state index contributed by atoms with van der Waals surface area (Å²) in [5.74, 6) is -0.467. The molecule has 0 aliphatic rings. The summed E-state index contributed by atoms with van der Waals surface area (Å²) in [5.41, 5.74) is 2.57. The molecule has 3 N–H and O–H groups in total. The smallest absolute Gasteiger partial charge is 0.277 e. The molecule has 120 valence electrons. The van der Waals surface area contributed by atoms with E-state index in [2.05, 4.69) is 10.5 Å². The molecule has 0 saturated carbocycles. The summed E-state index contributed by atoms with van der Waals surface area (Å²) in [6, 6.07) is 8.65. The third-order valence-corrected chi connectivity index (χ3v) is 3.21. The average molecular weight is 355 g/mol. The van der Waals surface area contributed by atoms with Gasteiger partial charge >= 0.3 is 0 Å². The lowest BCUT2D eigenvalue weighted by Gasteiger charge is -2.07. The number of nitrogens with one attached hydrogen (secondary N) is 1. The summed E-state index contributed by atoms with van der Waals surface area (Å²) in [5, 5.41) is 23.2. The number of rotatable bonds is 5. The van der Waals surface area contributed by atoms with Crippen molar-refractivity contribution in [1.82, 2.24) is 5.43 Å². The van der Waals surface area contributed by atoms with Gasteiger partial charge in [0.2, 0.25) is 0 Å². The van der Waals surface area contributed by atoms with Crippen molar-refractivity contribution in [2.45, 2.75) is 0 Å². The molecule has 0 fully saturated rings. The molecule has 0 aliphatic carbocycles. The number of aromatic hydroxyl groups is 2. The van der Waals surface area contributed by atoms with Crippen LogP contribution in [0.15, 0.2) is 41.5 Å². The Hall–Kier alpha value is -2.44. The van der Waals surface area contributed by atoms with E-state index in [0.717, 1.165) is 6.07 Å². The first-order valence-corrected chi connectivity index (χ1v) is 7.13. The second kappa shape index (κ2) is 7.71. The molecule has 2 aromatic carbocycles. The third kappa shape index (κ3) is 5.05. The Bertz CT molecular complexity index is 750. The summed E-state index contributed by atoms with van der Waals surface area (Å²) in [6.07, 6.45) is 1.24. The largest absolute Gasteiger partial charge is 0.508 e. The van der Waals surface area contributed by atoms with E-state index in [1.54, 1.807) is 12.1 Å². The van der Waals surface area contributed by atoms with Crippen LogP contribution in [0.4, 0.5) is 0 Å². The minimum atomic E-state index is -0.518. The molecule has 0 heterocycles. The van der Waals surface area contributed by atoms with Crippen LogP contribution >= 0.6 is 23.2 Å². The fourth-order valence-corrected chi connectivity index (χ4v) is 1.91. The van der Waals surface area contributed by atoms with Crippen molar-refractivity contribution in [3.8, 4) is 17.2 Å². The van der Waals surface area contributed by atoms with Crippen LogP contribution < -0.4 is 10.2 Å². The van der Waals surface area contributed by atoms with Gasteiger partial charge in [0, 0.05) is 22.7 Å². The molecule has 0 saturated heterocycles. The highest BCUT2D eigenvalue weighted by Crippen LogP contribution is 2.27. The van der Waals surface area contributed by atoms with E-state index in [1.165, 1.54) is 24.4 Å². The lowest BCUT2D eigenvalue weighted by atomic mass is 10.2. The molecule has 0 unspecified atom stereocenters. The summed E-state index contributed by atoms with van der Waals surface area (Å²) in [7, 11) is 0. The van der Waals surface area contributed by atoms with Crippen LogP contribution in [-0.2, 0) is 4.79 Å². The Morgan fingerprint density at radius 3 is 2.74 bits per heavy atom. The molecule has 0 radical (unpaired) electrons. The number of nitrogens with zero attached hydrogens (tertiary/aromatic N) is 1. The van der Waals surface area contributed by atoms with Gasteiger partial charge in [0.05, 0.1) is 11.2 Å². The molecule has 0 aliphatic heterocycles. The van der Waals surface area contributed by atoms with E-state index in [1.807, 2.05) is 0 Å². The van der Waals surface area contributed by atoms with Gasteiger partial charge in [-0.15, -0.1) is 0 Å². The fourth-order valence-electron chi connectivity index (χ4n) is 1.58. The minimum Gasteiger partial charge on any atom is -0.508 e. The highest BCUT2D eigenvalue weighted by atomic mass is 35.5. The first kappa shape index (κ1) is 16.9. The number of carbonyl (C=O) groups excluding carboxylic acids is 1. The van der Waals surface area contributed by atoms with Gasteiger partial charge in [0.1, 0.15) is 17.2 Å². The average Bonchev–Trinajstić information content (AvgIpc) is 2.50. The quantitative estimate of drug-likeness (QED) is 0.568. The summed E-state index contributed by atoms with van der Waals surface area (Å²) in [6.45, 7) is -0.307. The van der Waals surface area contributed by atoms with Crippen LogP contribution in [0.3, 0.4) is 0 Å². The van der Waals surface area contributed by atoms with Crippen molar-refractivity contribution < 1.29 is 19.7 Å². The number of hydrazone groups is 1. The van der Waals surface area contributed by atoms with Crippen molar-refractivity contribution in [3.05, 3.63) is 52.0 Å². The number of benzene rings is 2. The van der Waals surface area contributed by atoms with Gasteiger partial charge in [-0.1, -0.05) is 23.2 Å². The summed E-state index contributed by atoms with van der Waals surface area (Å²) < 4.78 is 5.24. The molecule has 2 rings (SSSR count). The molecule has 2 aromatic rings. The van der Waals surface area contributed by atoms with Crippen LogP contribution in [-0.4, -0.2) is 28.9 Å². The Labute approximate surface area is 141 Å². The number of hydrogen-bond donors (Lipinski definition) is 3. The van der Waals surface area contributed by atoms with Gasteiger partial charge in [-0.05, 0) is 24.3 Å². The summed E-state index contributed by atoms with van der Waals surface area (Å²) in [4.78, 5) is 11.6. The number of ether oxygens (including phenoxy) is 1. The van der Waals surface area contributed by atoms with E-state index in [9.17, 15) is 9.90 Å². The van der Waals surface area contributed by atoms with Crippen molar-refractivity contribution in [3.63, 3.8) is 0 Å². The molecule has 0 spiro atoms. The lowest BCUT2D eigenvalue weighted by Crippen LogP contribution is -2.24. The highest BCUT2D eigenvalue weighted by molar-refractivity contribution is 6.34. The normalized spacial score (nSPS) is 10.7. The molecule has 0 bridgehead atoms. The van der Waals surface area contributed by atoms with Crippen LogP contribution in [0.1, 0.15) is 5.56 Å². The first-order valence-electron chi connectivity index (χ1n) is 6.37. The van der Waals surface area contributed by atoms with Gasteiger partial charge in [0.25, 0.3) is 5.91 Å². The van der Waals surface area contributed by atoms with Crippen LogP contribution in [0.25, 0.3) is 0 Å². The maximum absolute atomic E-state index is 11.6. The maximum Gasteiger partial charge on any atom is 0.277 e. The molecule has 0 aromatic heterocycles. The molecular formula is C15H12Cl2N2O4. The Morgan fingerprint density at radius 1 is 1.22 bits per heavy atom. The third-order valence-electron chi connectivity index (χ3n) is 2.66. The predicted octanol–water partition coefficient (Wildman–Crippen LogP) is 2.93. The number of phenolic OH excluding ortho intramolecular Hbond substituents is 2. The number of phenols is 2. The zero-order chi connectivity index (χ0) is 16.8. The van der Waals surface area contributed by atoms with Gasteiger partial charge < -0.3 is 14.9 Å². The van der Waals surface area contributed by atoms with Crippen LogP contribution in [0.2, 0.25) is 10.0 Å². The van der Waals surface area contributed by atoms with Gasteiger partial charge in [-0.25, -0.2) is 5.43 Å². The maximum atomic E-state index is 11.6. The van der Waals surface area contributed by atoms with Crippen molar-refractivity contribution in [2.24, 2.45) is 5.10 Å². The summed E-state index contributed by atoms with van der Waals surface area (Å²) >= 11 is 11.7. The van der Waals surface area contributed by atoms with E-state index >= 15 is 0 Å². The zero-order valence-electron chi connectivity index (χ0n) is 11.7. The van der Waals surface area contributed by atoms with E-state index in [-0.39, 0.29) is 23.9 Å². The predicted molar refractivity (Wildman–Crippen MR) is 87.5 cm³/mol. The zero-order valence-corrected chi connectivity index (χ0v) is 13.2. The molecule has 1 amide bonds.